The van der Waals surface area contributed by atoms with E-state index in [1.54, 1.807) is 12.1 Å². The molecule has 76 valence electrons. The Morgan fingerprint density at radius 1 is 1.64 bits per heavy atom. The summed E-state index contributed by atoms with van der Waals surface area (Å²) >= 11 is 3.25. The van der Waals surface area contributed by atoms with E-state index >= 15 is 0 Å². The standard InChI is InChI=1S/C9H12BrN3O/c1-2-3-7-4-6(9(14)13-11)5-8(10)12-7/h4-5H,2-3,11H2,1H3,(H,13,14). The average molecular weight is 258 g/mol. The molecular weight excluding hydrogens is 246 g/mol. The molecule has 0 aliphatic rings. The molecule has 0 fully saturated rings. The van der Waals surface area contributed by atoms with Gasteiger partial charge in [-0.3, -0.25) is 10.2 Å². The molecule has 0 bridgehead atoms. The van der Waals surface area contributed by atoms with Gasteiger partial charge in [-0.05, 0) is 34.5 Å². The van der Waals surface area contributed by atoms with E-state index in [0.717, 1.165) is 18.5 Å². The van der Waals surface area contributed by atoms with E-state index < -0.39 is 0 Å². The number of hydrazine groups is 1. The lowest BCUT2D eigenvalue weighted by atomic mass is 10.1. The highest BCUT2D eigenvalue weighted by atomic mass is 79.9. The maximum atomic E-state index is 11.2. The van der Waals surface area contributed by atoms with Gasteiger partial charge in [0.25, 0.3) is 5.91 Å². The van der Waals surface area contributed by atoms with E-state index in [2.05, 4.69) is 33.3 Å². The minimum atomic E-state index is -0.301. The number of amides is 1. The second kappa shape index (κ2) is 5.07. The number of hydrogen-bond acceptors (Lipinski definition) is 3. The third-order valence-electron chi connectivity index (χ3n) is 1.75. The first kappa shape index (κ1) is 11.1. The molecule has 0 aliphatic heterocycles. The van der Waals surface area contributed by atoms with Crippen molar-refractivity contribution in [2.45, 2.75) is 19.8 Å². The van der Waals surface area contributed by atoms with E-state index in [1.807, 2.05) is 0 Å². The van der Waals surface area contributed by atoms with Crippen molar-refractivity contribution in [2.24, 2.45) is 5.84 Å². The Morgan fingerprint density at radius 3 is 2.93 bits per heavy atom. The number of nitrogen functional groups attached to an aromatic ring is 1. The summed E-state index contributed by atoms with van der Waals surface area (Å²) in [6.07, 6.45) is 1.84. The number of aryl methyl sites for hydroxylation is 1. The fraction of sp³-hybridized carbons (Fsp3) is 0.333. The van der Waals surface area contributed by atoms with Gasteiger partial charge in [0.15, 0.2) is 0 Å². The van der Waals surface area contributed by atoms with Crippen molar-refractivity contribution >= 4 is 21.8 Å². The minimum absolute atomic E-state index is 0.301. The van der Waals surface area contributed by atoms with Crippen LogP contribution >= 0.6 is 15.9 Å². The van der Waals surface area contributed by atoms with Crippen LogP contribution in [0.3, 0.4) is 0 Å². The molecule has 0 atom stereocenters. The first-order valence-corrected chi connectivity index (χ1v) is 5.14. The second-order valence-electron chi connectivity index (χ2n) is 2.89. The third-order valence-corrected chi connectivity index (χ3v) is 2.15. The Morgan fingerprint density at radius 2 is 2.36 bits per heavy atom. The van der Waals surface area contributed by atoms with Gasteiger partial charge in [0, 0.05) is 11.3 Å². The average Bonchev–Trinajstić information content (AvgIpc) is 2.16. The molecule has 0 aliphatic carbocycles. The van der Waals surface area contributed by atoms with Gasteiger partial charge in [0.2, 0.25) is 0 Å². The van der Waals surface area contributed by atoms with Crippen LogP contribution in [0.1, 0.15) is 29.4 Å². The van der Waals surface area contributed by atoms with Crippen LogP contribution in [0, 0.1) is 0 Å². The molecule has 1 heterocycles. The van der Waals surface area contributed by atoms with Gasteiger partial charge in [0.05, 0.1) is 0 Å². The van der Waals surface area contributed by atoms with Crippen molar-refractivity contribution in [1.82, 2.24) is 10.4 Å². The Labute approximate surface area is 91.0 Å². The van der Waals surface area contributed by atoms with Crippen molar-refractivity contribution in [1.29, 1.82) is 0 Å². The van der Waals surface area contributed by atoms with E-state index in [0.29, 0.717) is 10.2 Å². The summed E-state index contributed by atoms with van der Waals surface area (Å²) in [5, 5.41) is 0. The van der Waals surface area contributed by atoms with Gasteiger partial charge in [-0.2, -0.15) is 0 Å². The molecule has 0 saturated carbocycles. The highest BCUT2D eigenvalue weighted by Crippen LogP contribution is 2.12. The van der Waals surface area contributed by atoms with Crippen LogP contribution in [-0.4, -0.2) is 10.9 Å². The zero-order valence-corrected chi connectivity index (χ0v) is 9.47. The monoisotopic (exact) mass is 257 g/mol. The molecule has 1 aromatic rings. The summed E-state index contributed by atoms with van der Waals surface area (Å²) in [4.78, 5) is 15.5. The smallest absolute Gasteiger partial charge is 0.265 e. The first-order valence-electron chi connectivity index (χ1n) is 4.34. The summed E-state index contributed by atoms with van der Waals surface area (Å²) in [7, 11) is 0. The highest BCUT2D eigenvalue weighted by molar-refractivity contribution is 9.10. The predicted octanol–water partition coefficient (Wildman–Crippen LogP) is 1.40. The summed E-state index contributed by atoms with van der Waals surface area (Å²) in [6.45, 7) is 2.06. The number of nitrogens with one attached hydrogen (secondary N) is 1. The van der Waals surface area contributed by atoms with Crippen LogP contribution in [0.5, 0.6) is 0 Å². The molecule has 0 unspecified atom stereocenters. The van der Waals surface area contributed by atoms with Gasteiger partial charge < -0.3 is 0 Å². The fourth-order valence-corrected chi connectivity index (χ4v) is 1.62. The van der Waals surface area contributed by atoms with E-state index in [1.165, 1.54) is 0 Å². The first-order chi connectivity index (χ1) is 6.67. The maximum absolute atomic E-state index is 11.2. The van der Waals surface area contributed by atoms with Crippen LogP contribution in [0.25, 0.3) is 0 Å². The van der Waals surface area contributed by atoms with Crippen molar-refractivity contribution in [3.05, 3.63) is 28.0 Å². The lowest BCUT2D eigenvalue weighted by molar-refractivity contribution is 0.0953. The number of carbonyl (C=O) groups excluding carboxylic acids is 1. The maximum Gasteiger partial charge on any atom is 0.265 e. The number of nitrogens with zero attached hydrogens (tertiary/aromatic N) is 1. The zero-order valence-electron chi connectivity index (χ0n) is 7.88. The van der Waals surface area contributed by atoms with Crippen molar-refractivity contribution in [3.63, 3.8) is 0 Å². The molecular formula is C9H12BrN3O. The molecule has 0 saturated heterocycles. The lowest BCUT2D eigenvalue weighted by Gasteiger charge is -2.03. The normalized spacial score (nSPS) is 9.93. The number of pyridine rings is 1. The molecule has 0 spiro atoms. The molecule has 0 radical (unpaired) electrons. The number of carbonyl (C=O) groups is 1. The Kier molecular flexibility index (Phi) is 4.03. The van der Waals surface area contributed by atoms with E-state index in [9.17, 15) is 4.79 Å². The fourth-order valence-electron chi connectivity index (χ4n) is 1.15. The number of nitrogens with two attached hydrogens (primary N) is 1. The van der Waals surface area contributed by atoms with Crippen LogP contribution in [0.2, 0.25) is 0 Å². The van der Waals surface area contributed by atoms with Gasteiger partial charge in [-0.25, -0.2) is 10.8 Å². The largest absolute Gasteiger partial charge is 0.290 e. The molecule has 4 nitrogen and oxygen atoms in total. The molecule has 1 amide bonds. The quantitative estimate of drug-likeness (QED) is 0.372. The van der Waals surface area contributed by atoms with Gasteiger partial charge in [-0.1, -0.05) is 13.3 Å². The third kappa shape index (κ3) is 2.78. The highest BCUT2D eigenvalue weighted by Gasteiger charge is 2.06. The molecule has 14 heavy (non-hydrogen) atoms. The minimum Gasteiger partial charge on any atom is -0.290 e. The van der Waals surface area contributed by atoms with Crippen molar-refractivity contribution in [2.75, 3.05) is 0 Å². The number of aromatic nitrogens is 1. The molecule has 1 aromatic heterocycles. The van der Waals surface area contributed by atoms with Gasteiger partial charge in [0.1, 0.15) is 4.60 Å². The Bertz CT molecular complexity index is 341. The van der Waals surface area contributed by atoms with E-state index in [4.69, 9.17) is 5.84 Å². The van der Waals surface area contributed by atoms with Gasteiger partial charge >= 0.3 is 0 Å². The zero-order chi connectivity index (χ0) is 10.6. The summed E-state index contributed by atoms with van der Waals surface area (Å²) in [5.41, 5.74) is 3.51. The summed E-state index contributed by atoms with van der Waals surface area (Å²) in [5.74, 6) is 4.74. The topological polar surface area (TPSA) is 68.0 Å². The summed E-state index contributed by atoms with van der Waals surface area (Å²) < 4.78 is 0.655. The molecule has 0 aromatic carbocycles. The molecule has 1 rings (SSSR count). The number of halogens is 1. The number of rotatable bonds is 3. The van der Waals surface area contributed by atoms with Crippen LogP contribution in [-0.2, 0) is 6.42 Å². The molecule has 3 N–H and O–H groups in total. The molecule has 5 heteroatoms. The van der Waals surface area contributed by atoms with Crippen molar-refractivity contribution < 1.29 is 4.79 Å². The number of hydrogen-bond donors (Lipinski definition) is 2. The predicted molar refractivity (Wildman–Crippen MR) is 57.6 cm³/mol. The van der Waals surface area contributed by atoms with Crippen LogP contribution in [0.4, 0.5) is 0 Å². The Balaban J connectivity index is 3.00. The Hall–Kier alpha value is -0.940. The van der Waals surface area contributed by atoms with Crippen LogP contribution in [0.15, 0.2) is 16.7 Å². The van der Waals surface area contributed by atoms with Gasteiger partial charge in [-0.15, -0.1) is 0 Å². The van der Waals surface area contributed by atoms with E-state index in [-0.39, 0.29) is 5.91 Å². The summed E-state index contributed by atoms with van der Waals surface area (Å²) in [6, 6.07) is 3.39. The second-order valence-corrected chi connectivity index (χ2v) is 3.71. The SMILES string of the molecule is CCCc1cc(C(=O)NN)cc(Br)n1. The lowest BCUT2D eigenvalue weighted by Crippen LogP contribution is -2.30. The van der Waals surface area contributed by atoms with Crippen molar-refractivity contribution in [3.8, 4) is 0 Å². The van der Waals surface area contributed by atoms with Crippen LogP contribution < -0.4 is 11.3 Å².